The molecule has 1 atom stereocenters. The Morgan fingerprint density at radius 3 is 3.00 bits per heavy atom. The first kappa shape index (κ1) is 15.3. The van der Waals surface area contributed by atoms with Crippen molar-refractivity contribution >= 4 is 16.8 Å². The molecule has 1 aliphatic rings. The summed E-state index contributed by atoms with van der Waals surface area (Å²) in [5.41, 5.74) is 3.56. The van der Waals surface area contributed by atoms with Gasteiger partial charge in [0.2, 0.25) is 0 Å². The third kappa shape index (κ3) is 2.94. The number of aromatic amines is 1. The number of hydrogen-bond donors (Lipinski definition) is 2. The largest absolute Gasteiger partial charge is 0.351 e. The lowest BCUT2D eigenvalue weighted by Gasteiger charge is -2.11. The maximum atomic E-state index is 12.5. The van der Waals surface area contributed by atoms with E-state index in [0.717, 1.165) is 28.5 Å². The molecule has 0 bridgehead atoms. The van der Waals surface area contributed by atoms with Crippen molar-refractivity contribution in [2.75, 3.05) is 13.1 Å². The van der Waals surface area contributed by atoms with Crippen molar-refractivity contribution in [1.82, 2.24) is 25.0 Å². The van der Waals surface area contributed by atoms with Crippen molar-refractivity contribution in [1.29, 1.82) is 5.26 Å². The van der Waals surface area contributed by atoms with Crippen LogP contribution in [0.5, 0.6) is 0 Å². The molecule has 1 amide bonds. The van der Waals surface area contributed by atoms with Gasteiger partial charge in [-0.2, -0.15) is 10.4 Å². The van der Waals surface area contributed by atoms with E-state index < -0.39 is 0 Å². The number of nitriles is 1. The maximum Gasteiger partial charge on any atom is 0.268 e. The molecule has 0 radical (unpaired) electrons. The van der Waals surface area contributed by atoms with Gasteiger partial charge in [-0.05, 0) is 30.2 Å². The highest BCUT2D eigenvalue weighted by Crippen LogP contribution is 2.24. The van der Waals surface area contributed by atoms with E-state index in [-0.39, 0.29) is 11.9 Å². The fraction of sp³-hybridized carbons (Fsp3) is 0.278. The van der Waals surface area contributed by atoms with E-state index in [0.29, 0.717) is 18.8 Å². The Morgan fingerprint density at radius 2 is 2.28 bits per heavy atom. The first-order valence-corrected chi connectivity index (χ1v) is 8.20. The maximum absolute atomic E-state index is 12.5. The van der Waals surface area contributed by atoms with E-state index >= 15 is 0 Å². The van der Waals surface area contributed by atoms with E-state index in [1.165, 1.54) is 0 Å². The van der Waals surface area contributed by atoms with Crippen LogP contribution in [-0.4, -0.2) is 44.7 Å². The normalized spacial score (nSPS) is 17.0. The van der Waals surface area contributed by atoms with Crippen LogP contribution >= 0.6 is 0 Å². The van der Waals surface area contributed by atoms with E-state index in [2.05, 4.69) is 21.6 Å². The first-order valence-electron chi connectivity index (χ1n) is 8.20. The molecule has 1 aliphatic heterocycles. The molecule has 0 saturated carbocycles. The van der Waals surface area contributed by atoms with Crippen LogP contribution in [0.1, 0.15) is 16.9 Å². The van der Waals surface area contributed by atoms with Gasteiger partial charge in [-0.3, -0.25) is 9.48 Å². The summed E-state index contributed by atoms with van der Waals surface area (Å²) in [7, 11) is 1.89. The van der Waals surface area contributed by atoms with Gasteiger partial charge in [0.05, 0.1) is 6.20 Å². The summed E-state index contributed by atoms with van der Waals surface area (Å²) in [6, 6.07) is 7.92. The molecule has 2 N–H and O–H groups in total. The molecular weight excluding hydrogens is 316 g/mol. The number of carbonyl (C=O) groups is 1. The van der Waals surface area contributed by atoms with E-state index in [1.807, 2.05) is 43.7 Å². The van der Waals surface area contributed by atoms with Crippen molar-refractivity contribution in [3.63, 3.8) is 0 Å². The Hall–Kier alpha value is -3.27. The average Bonchev–Trinajstić information content (AvgIpc) is 3.32. The minimum Gasteiger partial charge on any atom is -0.351 e. The lowest BCUT2D eigenvalue weighted by atomic mass is 10.1. The predicted molar refractivity (Wildman–Crippen MR) is 93.6 cm³/mol. The van der Waals surface area contributed by atoms with Gasteiger partial charge in [0.1, 0.15) is 5.69 Å². The van der Waals surface area contributed by atoms with Gasteiger partial charge in [0.25, 0.3) is 5.91 Å². The molecule has 126 valence electrons. The molecule has 7 nitrogen and oxygen atoms in total. The van der Waals surface area contributed by atoms with Gasteiger partial charge in [0.15, 0.2) is 6.19 Å². The third-order valence-corrected chi connectivity index (χ3v) is 4.57. The van der Waals surface area contributed by atoms with Crippen molar-refractivity contribution in [2.45, 2.75) is 12.5 Å². The van der Waals surface area contributed by atoms with Crippen molar-refractivity contribution in [2.24, 2.45) is 7.05 Å². The summed E-state index contributed by atoms with van der Waals surface area (Å²) in [5, 5.41) is 17.1. The van der Waals surface area contributed by atoms with Crippen molar-refractivity contribution < 1.29 is 4.79 Å². The Morgan fingerprint density at radius 1 is 1.40 bits per heavy atom. The van der Waals surface area contributed by atoms with Gasteiger partial charge in [-0.25, -0.2) is 0 Å². The lowest BCUT2D eigenvalue weighted by Crippen LogP contribution is -2.36. The van der Waals surface area contributed by atoms with Gasteiger partial charge < -0.3 is 15.2 Å². The minimum absolute atomic E-state index is 0.0181. The smallest absolute Gasteiger partial charge is 0.268 e. The number of benzene rings is 1. The molecule has 25 heavy (non-hydrogen) atoms. The van der Waals surface area contributed by atoms with Crippen LogP contribution in [0, 0.1) is 11.5 Å². The number of nitrogens with zero attached hydrogens (tertiary/aromatic N) is 4. The van der Waals surface area contributed by atoms with Gasteiger partial charge in [0, 0.05) is 48.8 Å². The first-order chi connectivity index (χ1) is 12.1. The lowest BCUT2D eigenvalue weighted by molar-refractivity contribution is 0.0934. The highest BCUT2D eigenvalue weighted by molar-refractivity contribution is 5.99. The molecule has 0 unspecified atom stereocenters. The number of rotatable bonds is 3. The summed E-state index contributed by atoms with van der Waals surface area (Å²) in [6.07, 6.45) is 6.70. The predicted octanol–water partition coefficient (Wildman–Crippen LogP) is 1.85. The van der Waals surface area contributed by atoms with Gasteiger partial charge >= 0.3 is 0 Å². The Balaban J connectivity index is 1.55. The number of fused-ring (bicyclic) bond motifs is 1. The second-order valence-electron chi connectivity index (χ2n) is 6.39. The number of aryl methyl sites for hydroxylation is 1. The van der Waals surface area contributed by atoms with E-state index in [1.54, 1.807) is 9.58 Å². The molecule has 1 saturated heterocycles. The Bertz CT molecular complexity index is 979. The average molecular weight is 334 g/mol. The number of hydrogen-bond acceptors (Lipinski definition) is 4. The second kappa shape index (κ2) is 5.98. The van der Waals surface area contributed by atoms with Crippen LogP contribution in [0.4, 0.5) is 0 Å². The molecule has 3 aromatic rings. The molecule has 3 heterocycles. The third-order valence-electron chi connectivity index (χ3n) is 4.57. The number of amides is 1. The molecule has 7 heteroatoms. The molecule has 0 spiro atoms. The number of H-pyrrole nitrogens is 1. The highest BCUT2D eigenvalue weighted by atomic mass is 16.2. The molecular formula is C18H18N6O. The zero-order chi connectivity index (χ0) is 17.4. The van der Waals surface area contributed by atoms with Crippen LogP contribution in [0.25, 0.3) is 22.0 Å². The van der Waals surface area contributed by atoms with Crippen LogP contribution in [0.15, 0.2) is 36.7 Å². The summed E-state index contributed by atoms with van der Waals surface area (Å²) in [6.45, 7) is 1.27. The van der Waals surface area contributed by atoms with E-state index in [9.17, 15) is 4.79 Å². The second-order valence-corrected chi connectivity index (χ2v) is 6.39. The number of carbonyl (C=O) groups excluding carboxylic acids is 1. The molecule has 2 aromatic heterocycles. The summed E-state index contributed by atoms with van der Waals surface area (Å²) < 4.78 is 1.77. The molecule has 0 aliphatic carbocycles. The van der Waals surface area contributed by atoms with Crippen LogP contribution < -0.4 is 5.32 Å². The molecule has 4 rings (SSSR count). The zero-order valence-corrected chi connectivity index (χ0v) is 13.9. The summed E-state index contributed by atoms with van der Waals surface area (Å²) >= 11 is 0. The van der Waals surface area contributed by atoms with Gasteiger partial charge in [-0.15, -0.1) is 0 Å². The monoisotopic (exact) mass is 334 g/mol. The quantitative estimate of drug-likeness (QED) is 0.715. The van der Waals surface area contributed by atoms with Crippen molar-refractivity contribution in [3.05, 3.63) is 42.4 Å². The SMILES string of the molecule is Cn1cc(-c2ccc3[nH]c(C(=O)N[C@@H]4CCN(C#N)C4)cc3c2)cn1. The number of aromatic nitrogens is 3. The highest BCUT2D eigenvalue weighted by Gasteiger charge is 2.23. The Kier molecular flexibility index (Phi) is 3.65. The molecule has 1 aromatic carbocycles. The summed E-state index contributed by atoms with van der Waals surface area (Å²) in [4.78, 5) is 17.3. The summed E-state index contributed by atoms with van der Waals surface area (Å²) in [5.74, 6) is -0.135. The molecule has 1 fully saturated rings. The standard InChI is InChI=1S/C18H18N6O/c1-23-9-14(8-20-23)12-2-3-16-13(6-12)7-17(22-16)18(25)21-15-4-5-24(10-15)11-19/h2-3,6-9,15,22H,4-5,10H2,1H3,(H,21,25)/t15-/m1/s1. The van der Waals surface area contributed by atoms with Gasteiger partial charge in [-0.1, -0.05) is 6.07 Å². The zero-order valence-electron chi connectivity index (χ0n) is 13.9. The van der Waals surface area contributed by atoms with Crippen LogP contribution in [0.3, 0.4) is 0 Å². The number of nitrogens with one attached hydrogen (secondary N) is 2. The van der Waals surface area contributed by atoms with Crippen LogP contribution in [0.2, 0.25) is 0 Å². The Labute approximate surface area is 144 Å². The van der Waals surface area contributed by atoms with Crippen LogP contribution in [-0.2, 0) is 7.05 Å². The number of likely N-dealkylation sites (tertiary alicyclic amines) is 1. The minimum atomic E-state index is -0.135. The van der Waals surface area contributed by atoms with E-state index in [4.69, 9.17) is 5.26 Å². The topological polar surface area (TPSA) is 89.7 Å². The fourth-order valence-electron chi connectivity index (χ4n) is 3.24. The fourth-order valence-corrected chi connectivity index (χ4v) is 3.24. The van der Waals surface area contributed by atoms with Crippen molar-refractivity contribution in [3.8, 4) is 17.3 Å².